The molecule has 1 saturated heterocycles. The lowest BCUT2D eigenvalue weighted by Gasteiger charge is -2.26. The fourth-order valence-corrected chi connectivity index (χ4v) is 2.63. The van der Waals surface area contributed by atoms with Crippen molar-refractivity contribution < 1.29 is 0 Å². The van der Waals surface area contributed by atoms with Crippen LogP contribution in [0.25, 0.3) is 0 Å². The first-order valence-corrected chi connectivity index (χ1v) is 7.52. The summed E-state index contributed by atoms with van der Waals surface area (Å²) < 4.78 is 0. The summed E-state index contributed by atoms with van der Waals surface area (Å²) in [5, 5.41) is 3.55. The quantitative estimate of drug-likeness (QED) is 0.704. The van der Waals surface area contributed by atoms with Crippen molar-refractivity contribution in [3.63, 3.8) is 0 Å². The van der Waals surface area contributed by atoms with Gasteiger partial charge < -0.3 is 15.1 Å². The summed E-state index contributed by atoms with van der Waals surface area (Å²) in [4.78, 5) is 5.02. The first-order valence-electron chi connectivity index (χ1n) is 7.52. The average Bonchev–Trinajstić information content (AvgIpc) is 2.62. The van der Waals surface area contributed by atoms with Crippen molar-refractivity contribution >= 4 is 0 Å². The first-order chi connectivity index (χ1) is 8.38. The molecule has 0 saturated carbocycles. The van der Waals surface area contributed by atoms with E-state index in [2.05, 4.69) is 50.0 Å². The molecule has 1 fully saturated rings. The van der Waals surface area contributed by atoms with Crippen molar-refractivity contribution in [1.82, 2.24) is 15.1 Å². The third-order valence-electron chi connectivity index (χ3n) is 3.82. The molecule has 0 aliphatic carbocycles. The Morgan fingerprint density at radius 2 is 2.00 bits per heavy atom. The maximum atomic E-state index is 3.55. The van der Waals surface area contributed by atoms with Crippen LogP contribution in [0, 0.1) is 0 Å². The van der Waals surface area contributed by atoms with Crippen LogP contribution in [0.3, 0.4) is 0 Å². The van der Waals surface area contributed by atoms with Gasteiger partial charge in [-0.15, -0.1) is 0 Å². The van der Waals surface area contributed by atoms with Gasteiger partial charge in [-0.25, -0.2) is 0 Å². The minimum Gasteiger partial charge on any atom is -0.312 e. The van der Waals surface area contributed by atoms with Gasteiger partial charge in [0.25, 0.3) is 0 Å². The van der Waals surface area contributed by atoms with Gasteiger partial charge in [-0.3, -0.25) is 0 Å². The van der Waals surface area contributed by atoms with Gasteiger partial charge in [0.15, 0.2) is 0 Å². The Balaban J connectivity index is 2.01. The molecule has 18 heavy (non-hydrogen) atoms. The highest BCUT2D eigenvalue weighted by atomic mass is 15.2. The predicted octanol–water partition coefficient (Wildman–Crippen LogP) is 2.18. The van der Waals surface area contributed by atoms with E-state index >= 15 is 0 Å². The summed E-state index contributed by atoms with van der Waals surface area (Å²) >= 11 is 0. The summed E-state index contributed by atoms with van der Waals surface area (Å²) in [5.41, 5.74) is 0.262. The van der Waals surface area contributed by atoms with E-state index in [0.29, 0.717) is 0 Å². The molecule has 1 heterocycles. The van der Waals surface area contributed by atoms with Crippen LogP contribution in [-0.2, 0) is 0 Å². The van der Waals surface area contributed by atoms with Gasteiger partial charge in [-0.1, -0.05) is 0 Å². The van der Waals surface area contributed by atoms with Crippen LogP contribution >= 0.6 is 0 Å². The third kappa shape index (κ3) is 6.72. The monoisotopic (exact) mass is 255 g/mol. The van der Waals surface area contributed by atoms with Crippen molar-refractivity contribution in [2.24, 2.45) is 0 Å². The van der Waals surface area contributed by atoms with E-state index in [1.165, 1.54) is 45.3 Å². The van der Waals surface area contributed by atoms with E-state index in [-0.39, 0.29) is 5.54 Å². The van der Waals surface area contributed by atoms with E-state index in [4.69, 9.17) is 0 Å². The van der Waals surface area contributed by atoms with Gasteiger partial charge in [0.1, 0.15) is 0 Å². The van der Waals surface area contributed by atoms with E-state index in [1.807, 2.05) is 0 Å². The van der Waals surface area contributed by atoms with E-state index in [0.717, 1.165) is 12.6 Å². The summed E-state index contributed by atoms with van der Waals surface area (Å²) in [6, 6.07) is 0.794. The molecule has 3 nitrogen and oxygen atoms in total. The molecule has 1 N–H and O–H groups in total. The summed E-state index contributed by atoms with van der Waals surface area (Å²) in [6.45, 7) is 11.6. The summed E-state index contributed by atoms with van der Waals surface area (Å²) in [6.07, 6.45) is 5.34. The third-order valence-corrected chi connectivity index (χ3v) is 3.82. The second-order valence-corrected chi connectivity index (χ2v) is 6.92. The maximum absolute atomic E-state index is 3.55. The Labute approximate surface area is 114 Å². The average molecular weight is 255 g/mol. The van der Waals surface area contributed by atoms with Crippen molar-refractivity contribution in [2.75, 3.05) is 40.3 Å². The number of nitrogens with zero attached hydrogens (tertiary/aromatic N) is 2. The highest BCUT2D eigenvalue weighted by molar-refractivity contribution is 4.78. The maximum Gasteiger partial charge on any atom is 0.0220 e. The van der Waals surface area contributed by atoms with Gasteiger partial charge >= 0.3 is 0 Å². The van der Waals surface area contributed by atoms with Gasteiger partial charge in [0.05, 0.1) is 0 Å². The van der Waals surface area contributed by atoms with Crippen molar-refractivity contribution in [1.29, 1.82) is 0 Å². The fraction of sp³-hybridized carbons (Fsp3) is 1.00. The van der Waals surface area contributed by atoms with Crippen LogP contribution in [-0.4, -0.2) is 61.7 Å². The predicted molar refractivity (Wildman–Crippen MR) is 80.1 cm³/mol. The van der Waals surface area contributed by atoms with Gasteiger partial charge in [-0.2, -0.15) is 0 Å². The Bertz CT molecular complexity index is 222. The molecule has 1 unspecified atom stereocenters. The lowest BCUT2D eigenvalue weighted by atomic mass is 10.1. The minimum atomic E-state index is 0.262. The van der Waals surface area contributed by atoms with Crippen LogP contribution in [0.2, 0.25) is 0 Å². The zero-order chi connectivity index (χ0) is 13.6. The van der Waals surface area contributed by atoms with Crippen LogP contribution in [0.15, 0.2) is 0 Å². The van der Waals surface area contributed by atoms with Gasteiger partial charge in [0.2, 0.25) is 0 Å². The topological polar surface area (TPSA) is 18.5 Å². The molecule has 0 bridgehead atoms. The van der Waals surface area contributed by atoms with Gasteiger partial charge in [-0.05, 0) is 80.2 Å². The second kappa shape index (κ2) is 7.46. The second-order valence-electron chi connectivity index (χ2n) is 6.92. The Morgan fingerprint density at radius 1 is 1.28 bits per heavy atom. The number of likely N-dealkylation sites (N-methyl/N-ethyl adjacent to an activating group) is 2. The molecule has 0 aromatic carbocycles. The fourth-order valence-electron chi connectivity index (χ4n) is 2.63. The highest BCUT2D eigenvalue weighted by Gasteiger charge is 2.21. The molecular weight excluding hydrogens is 222 g/mol. The summed E-state index contributed by atoms with van der Waals surface area (Å²) in [7, 11) is 4.53. The molecule has 1 aliphatic rings. The molecule has 1 aliphatic heterocycles. The first kappa shape index (κ1) is 15.9. The van der Waals surface area contributed by atoms with Crippen LogP contribution in [0.5, 0.6) is 0 Å². The Kier molecular flexibility index (Phi) is 6.61. The summed E-state index contributed by atoms with van der Waals surface area (Å²) in [5.74, 6) is 0. The number of nitrogens with one attached hydrogen (secondary N) is 1. The molecule has 108 valence electrons. The SMILES string of the molecule is CN(CCCCNC(C)(C)C)CC1CCCN1C. The Hall–Kier alpha value is -0.120. The van der Waals surface area contributed by atoms with Crippen molar-refractivity contribution in [2.45, 2.75) is 58.0 Å². The van der Waals surface area contributed by atoms with Crippen LogP contribution in [0.4, 0.5) is 0 Å². The number of likely N-dealkylation sites (tertiary alicyclic amines) is 1. The van der Waals surface area contributed by atoms with E-state index in [1.54, 1.807) is 0 Å². The number of unbranched alkanes of at least 4 members (excludes halogenated alkanes) is 1. The lowest BCUT2D eigenvalue weighted by molar-refractivity contribution is 0.217. The zero-order valence-electron chi connectivity index (χ0n) is 13.1. The molecule has 0 amide bonds. The Morgan fingerprint density at radius 3 is 2.56 bits per heavy atom. The standard InChI is InChI=1S/C15H33N3/c1-15(2,3)16-10-6-7-11-17(4)13-14-9-8-12-18(14)5/h14,16H,6-13H2,1-5H3. The number of rotatable bonds is 7. The minimum absolute atomic E-state index is 0.262. The van der Waals surface area contributed by atoms with E-state index in [9.17, 15) is 0 Å². The normalized spacial score (nSPS) is 22.0. The molecule has 0 aromatic rings. The van der Waals surface area contributed by atoms with Crippen molar-refractivity contribution in [3.05, 3.63) is 0 Å². The lowest BCUT2D eigenvalue weighted by Crippen LogP contribution is -2.38. The van der Waals surface area contributed by atoms with Crippen molar-refractivity contribution in [3.8, 4) is 0 Å². The molecule has 0 radical (unpaired) electrons. The number of hydrogen-bond donors (Lipinski definition) is 1. The van der Waals surface area contributed by atoms with Crippen LogP contribution < -0.4 is 5.32 Å². The molecular formula is C15H33N3. The number of hydrogen-bond acceptors (Lipinski definition) is 3. The van der Waals surface area contributed by atoms with Crippen LogP contribution in [0.1, 0.15) is 46.5 Å². The van der Waals surface area contributed by atoms with E-state index < -0.39 is 0 Å². The molecule has 1 atom stereocenters. The molecule has 0 spiro atoms. The highest BCUT2D eigenvalue weighted by Crippen LogP contribution is 2.15. The zero-order valence-corrected chi connectivity index (χ0v) is 13.1. The molecule has 0 aromatic heterocycles. The largest absolute Gasteiger partial charge is 0.312 e. The molecule has 1 rings (SSSR count). The molecule has 3 heteroatoms. The smallest absolute Gasteiger partial charge is 0.0220 e. The van der Waals surface area contributed by atoms with Gasteiger partial charge in [0, 0.05) is 18.1 Å².